The summed E-state index contributed by atoms with van der Waals surface area (Å²) in [4.78, 5) is 0. The van der Waals surface area contributed by atoms with E-state index in [2.05, 4.69) is 26.0 Å². The molecule has 1 unspecified atom stereocenters. The third-order valence-corrected chi connectivity index (χ3v) is 5.32. The highest BCUT2D eigenvalue weighted by Gasteiger charge is 2.23. The molecule has 0 aromatic rings. The third-order valence-electron chi connectivity index (χ3n) is 5.32. The van der Waals surface area contributed by atoms with Crippen LogP contribution in [0.3, 0.4) is 0 Å². The average molecular weight is 325 g/mol. The molecule has 0 amide bonds. The minimum atomic E-state index is 0.776. The minimum Gasteiger partial charge on any atom is -0.381 e. The SMILES string of the molecule is CCCCCCCCCC/C=C/[C@H](CCCCC)C1C[13CH2]O[13CH2]1. The lowest BCUT2D eigenvalue weighted by molar-refractivity contribution is 0.176. The van der Waals surface area contributed by atoms with Gasteiger partial charge in [0, 0.05) is 6.61 Å². The first-order valence-electron chi connectivity index (χ1n) is 10.6. The van der Waals surface area contributed by atoms with Gasteiger partial charge in [-0.2, -0.15) is 0 Å². The summed E-state index contributed by atoms with van der Waals surface area (Å²) in [6.07, 6.45) is 24.4. The Bertz CT molecular complexity index is 265. The molecular weight excluding hydrogens is 282 g/mol. The number of rotatable bonds is 15. The van der Waals surface area contributed by atoms with Gasteiger partial charge in [0.05, 0.1) is 6.61 Å². The summed E-state index contributed by atoms with van der Waals surface area (Å²) in [7, 11) is 0. The summed E-state index contributed by atoms with van der Waals surface area (Å²) in [5.41, 5.74) is 0. The van der Waals surface area contributed by atoms with Crippen molar-refractivity contribution in [2.75, 3.05) is 13.2 Å². The van der Waals surface area contributed by atoms with Gasteiger partial charge in [-0.3, -0.25) is 0 Å². The van der Waals surface area contributed by atoms with Crippen molar-refractivity contribution in [3.05, 3.63) is 12.2 Å². The fourth-order valence-electron chi connectivity index (χ4n) is 3.68. The van der Waals surface area contributed by atoms with Crippen molar-refractivity contribution in [2.24, 2.45) is 11.8 Å². The molecule has 1 nitrogen and oxygen atoms in total. The molecule has 1 rings (SSSR count). The van der Waals surface area contributed by atoms with E-state index in [0.29, 0.717) is 0 Å². The molecule has 2 atom stereocenters. The molecule has 0 aromatic carbocycles. The fourth-order valence-corrected chi connectivity index (χ4v) is 3.68. The van der Waals surface area contributed by atoms with E-state index in [9.17, 15) is 0 Å². The molecule has 0 radical (unpaired) electrons. The van der Waals surface area contributed by atoms with E-state index in [0.717, 1.165) is 25.0 Å². The van der Waals surface area contributed by atoms with E-state index in [1.807, 2.05) is 0 Å². The van der Waals surface area contributed by atoms with E-state index in [1.54, 1.807) is 0 Å². The maximum atomic E-state index is 5.61. The van der Waals surface area contributed by atoms with Crippen molar-refractivity contribution in [3.63, 3.8) is 0 Å². The second-order valence-corrected chi connectivity index (χ2v) is 7.48. The summed E-state index contributed by atoms with van der Waals surface area (Å²) < 4.78 is 5.61. The number of ether oxygens (including phenoxy) is 1. The summed E-state index contributed by atoms with van der Waals surface area (Å²) in [5, 5.41) is 0. The van der Waals surface area contributed by atoms with E-state index < -0.39 is 0 Å². The van der Waals surface area contributed by atoms with Gasteiger partial charge in [-0.15, -0.1) is 0 Å². The maximum Gasteiger partial charge on any atom is 0.0500 e. The minimum absolute atomic E-state index is 0.776. The standard InChI is InChI=1S/C22H42O/c1-3-5-7-8-9-10-11-12-13-15-17-21(16-14-6-4-2)22-18-19-23-20-22/h15,17,21-22H,3-14,16,18-20H2,1-2H3/b17-15+/t21-,22?/m0/s1/i19+1,20+1. The quantitative estimate of drug-likeness (QED) is 0.174. The van der Waals surface area contributed by atoms with Crippen molar-refractivity contribution in [2.45, 2.75) is 104 Å². The van der Waals surface area contributed by atoms with E-state index >= 15 is 0 Å². The van der Waals surface area contributed by atoms with Crippen LogP contribution in [0.5, 0.6) is 0 Å². The van der Waals surface area contributed by atoms with E-state index in [-0.39, 0.29) is 0 Å². The highest BCUT2D eigenvalue weighted by Crippen LogP contribution is 2.28. The molecule has 1 aliphatic heterocycles. The molecule has 136 valence electrons. The van der Waals surface area contributed by atoms with Crippen molar-refractivity contribution >= 4 is 0 Å². The largest absolute Gasteiger partial charge is 0.381 e. The first-order chi connectivity index (χ1) is 11.4. The van der Waals surface area contributed by atoms with Crippen LogP contribution in [0, 0.1) is 11.8 Å². The molecule has 0 aliphatic carbocycles. The normalized spacial score (nSPS) is 19.7. The first-order valence-corrected chi connectivity index (χ1v) is 10.6. The molecule has 1 heteroatoms. The lowest BCUT2D eigenvalue weighted by Crippen LogP contribution is -2.12. The Labute approximate surface area is 146 Å². The zero-order valence-corrected chi connectivity index (χ0v) is 16.0. The molecule has 0 saturated carbocycles. The molecule has 0 aromatic heterocycles. The molecule has 1 fully saturated rings. The number of allylic oxidation sites excluding steroid dienone is 2. The van der Waals surface area contributed by atoms with Gasteiger partial charge >= 0.3 is 0 Å². The molecular formula is C22H42O. The van der Waals surface area contributed by atoms with Crippen molar-refractivity contribution in [3.8, 4) is 0 Å². The van der Waals surface area contributed by atoms with Gasteiger partial charge < -0.3 is 4.74 Å². The molecule has 23 heavy (non-hydrogen) atoms. The van der Waals surface area contributed by atoms with Crippen molar-refractivity contribution in [1.82, 2.24) is 0 Å². The second-order valence-electron chi connectivity index (χ2n) is 7.48. The van der Waals surface area contributed by atoms with Crippen LogP contribution in [0.15, 0.2) is 12.2 Å². The zero-order chi connectivity index (χ0) is 16.6. The van der Waals surface area contributed by atoms with Crippen LogP contribution in [-0.2, 0) is 4.74 Å². The third kappa shape index (κ3) is 11.0. The molecule has 0 bridgehead atoms. The smallest absolute Gasteiger partial charge is 0.0500 e. The number of unbranched alkanes of at least 4 members (excludes halogenated alkanes) is 10. The molecule has 1 aliphatic rings. The summed E-state index contributed by atoms with van der Waals surface area (Å²) >= 11 is 0. The van der Waals surface area contributed by atoms with Gasteiger partial charge in [0.1, 0.15) is 0 Å². The number of hydrogen-bond acceptors (Lipinski definition) is 1. The predicted octanol–water partition coefficient (Wildman–Crippen LogP) is 7.31. The average Bonchev–Trinajstić information content (AvgIpc) is 3.09. The Morgan fingerprint density at radius 1 is 0.870 bits per heavy atom. The Hall–Kier alpha value is -0.300. The van der Waals surface area contributed by atoms with E-state index in [4.69, 9.17) is 4.74 Å². The second kappa shape index (κ2) is 15.2. The monoisotopic (exact) mass is 324 g/mol. The topological polar surface area (TPSA) is 9.23 Å². The summed E-state index contributed by atoms with van der Waals surface area (Å²) in [5.74, 6) is 1.57. The van der Waals surface area contributed by atoms with Crippen LogP contribution in [-0.4, -0.2) is 13.2 Å². The van der Waals surface area contributed by atoms with Crippen LogP contribution in [0.25, 0.3) is 0 Å². The van der Waals surface area contributed by atoms with Crippen LogP contribution in [0.2, 0.25) is 0 Å². The first kappa shape index (κ1) is 20.7. The van der Waals surface area contributed by atoms with Gasteiger partial charge in [-0.1, -0.05) is 90.2 Å². The summed E-state index contributed by atoms with van der Waals surface area (Å²) in [6, 6.07) is 0. The van der Waals surface area contributed by atoms with Crippen LogP contribution >= 0.6 is 0 Å². The Kier molecular flexibility index (Phi) is 13.7. The molecule has 1 saturated heterocycles. The highest BCUT2D eigenvalue weighted by molar-refractivity contribution is 4.92. The van der Waals surface area contributed by atoms with Crippen molar-refractivity contribution < 1.29 is 4.74 Å². The number of hydrogen-bond donors (Lipinski definition) is 0. The lowest BCUT2D eigenvalue weighted by Gasteiger charge is -2.18. The van der Waals surface area contributed by atoms with Crippen LogP contribution in [0.4, 0.5) is 0 Å². The Morgan fingerprint density at radius 3 is 2.17 bits per heavy atom. The van der Waals surface area contributed by atoms with Crippen molar-refractivity contribution in [1.29, 1.82) is 0 Å². The predicted molar refractivity (Wildman–Crippen MR) is 103 cm³/mol. The Morgan fingerprint density at radius 2 is 1.52 bits per heavy atom. The Balaban J connectivity index is 2.08. The molecule has 0 spiro atoms. The van der Waals surface area contributed by atoms with Gasteiger partial charge in [-0.05, 0) is 37.5 Å². The lowest BCUT2D eigenvalue weighted by atomic mass is 9.91. The fraction of sp³-hybridized carbons (Fsp3) is 0.909. The van der Waals surface area contributed by atoms with Gasteiger partial charge in [0.2, 0.25) is 0 Å². The highest BCUT2D eigenvalue weighted by atomic mass is 16.6. The molecule has 0 N–H and O–H groups in total. The van der Waals surface area contributed by atoms with E-state index in [1.165, 1.54) is 89.9 Å². The molecule has 1 heterocycles. The van der Waals surface area contributed by atoms with Gasteiger partial charge in [0.25, 0.3) is 0 Å². The summed E-state index contributed by atoms with van der Waals surface area (Å²) in [6.45, 7) is 6.57. The zero-order valence-electron chi connectivity index (χ0n) is 16.0. The van der Waals surface area contributed by atoms with Gasteiger partial charge in [-0.25, -0.2) is 0 Å². The maximum absolute atomic E-state index is 5.61. The van der Waals surface area contributed by atoms with Gasteiger partial charge in [0.15, 0.2) is 0 Å². The van der Waals surface area contributed by atoms with Crippen LogP contribution in [0.1, 0.15) is 104 Å². The van der Waals surface area contributed by atoms with Crippen LogP contribution < -0.4 is 0 Å².